The summed E-state index contributed by atoms with van der Waals surface area (Å²) in [6, 6.07) is 10.2. The Kier molecular flexibility index (Phi) is 5.44. The fourth-order valence-electron chi connectivity index (χ4n) is 3.72. The van der Waals surface area contributed by atoms with Gasteiger partial charge in [0.05, 0.1) is 16.3 Å². The van der Waals surface area contributed by atoms with Crippen LogP contribution >= 0.6 is 11.6 Å². The third-order valence-corrected chi connectivity index (χ3v) is 6.66. The second-order valence-electron chi connectivity index (χ2n) is 7.23. The number of benzene rings is 2. The summed E-state index contributed by atoms with van der Waals surface area (Å²) in [6.07, 6.45) is -2.88. The molecule has 2 aliphatic rings. The maximum Gasteiger partial charge on any atom is 0.417 e. The molecule has 10 heteroatoms. The predicted octanol–water partition coefficient (Wildman–Crippen LogP) is 5.07. The van der Waals surface area contributed by atoms with Crippen LogP contribution in [0.1, 0.15) is 29.9 Å². The van der Waals surface area contributed by atoms with Gasteiger partial charge in [-0.1, -0.05) is 23.7 Å². The summed E-state index contributed by atoms with van der Waals surface area (Å²) in [6.45, 7) is 1.22. The van der Waals surface area contributed by atoms with E-state index in [0.29, 0.717) is 18.1 Å². The second-order valence-corrected chi connectivity index (χ2v) is 9.39. The Morgan fingerprint density at radius 1 is 1.07 bits per heavy atom. The maximum absolute atomic E-state index is 13.0. The fraction of sp³-hybridized carbons (Fsp3) is 0.350. The zero-order chi connectivity index (χ0) is 21.5. The number of ether oxygens (including phenoxy) is 1. The molecule has 0 aliphatic carbocycles. The molecule has 2 aliphatic heterocycles. The molecule has 2 aromatic carbocycles. The third-order valence-electron chi connectivity index (χ3n) is 5.17. The van der Waals surface area contributed by atoms with Gasteiger partial charge >= 0.3 is 6.18 Å². The van der Waals surface area contributed by atoms with Crippen LogP contribution in [0.2, 0.25) is 5.02 Å². The summed E-state index contributed by atoms with van der Waals surface area (Å²) in [5.74, 6) is 0.826. The van der Waals surface area contributed by atoms with Crippen molar-refractivity contribution >= 4 is 27.5 Å². The molecule has 1 unspecified atom stereocenters. The minimum Gasteiger partial charge on any atom is -0.457 e. The number of rotatable bonds is 3. The van der Waals surface area contributed by atoms with Gasteiger partial charge in [-0.2, -0.15) is 13.2 Å². The summed E-state index contributed by atoms with van der Waals surface area (Å²) in [5, 5.41) is -0.393. The van der Waals surface area contributed by atoms with Crippen LogP contribution in [-0.2, 0) is 16.2 Å². The van der Waals surface area contributed by atoms with E-state index in [4.69, 9.17) is 16.3 Å². The molecular formula is C20H18ClF3N2O3S. The van der Waals surface area contributed by atoms with E-state index in [0.717, 1.165) is 37.1 Å². The molecule has 0 radical (unpaired) electrons. The Balaban J connectivity index is 1.56. The van der Waals surface area contributed by atoms with Crippen LogP contribution in [0.25, 0.3) is 0 Å². The number of piperidine rings is 1. The first-order valence-corrected chi connectivity index (χ1v) is 11.3. The monoisotopic (exact) mass is 458 g/mol. The van der Waals surface area contributed by atoms with Crippen molar-refractivity contribution in [3.63, 3.8) is 0 Å². The molecule has 0 bridgehead atoms. The van der Waals surface area contributed by atoms with Crippen LogP contribution in [-0.4, -0.2) is 38.0 Å². The molecule has 0 amide bonds. The number of hydrogen-bond acceptors (Lipinski definition) is 4. The number of fused-ring (bicyclic) bond motifs is 1. The smallest absolute Gasteiger partial charge is 0.417 e. The van der Waals surface area contributed by atoms with E-state index in [1.807, 2.05) is 4.90 Å². The van der Waals surface area contributed by atoms with Crippen LogP contribution in [0.4, 0.5) is 13.2 Å². The van der Waals surface area contributed by atoms with Crippen molar-refractivity contribution in [2.75, 3.05) is 18.8 Å². The van der Waals surface area contributed by atoms with E-state index in [1.54, 1.807) is 24.3 Å². The number of sulfonamides is 1. The standard InChI is InChI=1S/C20H18ClF3N2O3S/c21-18-8-7-15(12-17(18)20(22,23)24)29-14-5-3-13(4-6-14)16-2-1-9-26-10-11-30(27,28)25-19(16)26/h3-8,12,16H,1-2,9-11H2. The molecule has 1 atom stereocenters. The fourth-order valence-corrected chi connectivity index (χ4v) is 5.01. The minimum atomic E-state index is -4.58. The van der Waals surface area contributed by atoms with Crippen LogP contribution in [0.5, 0.6) is 11.5 Å². The Labute approximate surface area is 177 Å². The van der Waals surface area contributed by atoms with Gasteiger partial charge in [0, 0.05) is 19.0 Å². The molecule has 0 N–H and O–H groups in total. The number of nitrogens with zero attached hydrogens (tertiary/aromatic N) is 2. The van der Waals surface area contributed by atoms with Gasteiger partial charge < -0.3 is 9.64 Å². The maximum atomic E-state index is 13.0. The van der Waals surface area contributed by atoms with Crippen molar-refractivity contribution in [3.8, 4) is 11.5 Å². The zero-order valence-corrected chi connectivity index (χ0v) is 17.3. The van der Waals surface area contributed by atoms with Gasteiger partial charge in [-0.3, -0.25) is 0 Å². The Hall–Kier alpha value is -2.26. The average Bonchev–Trinajstić information content (AvgIpc) is 2.68. The lowest BCUT2D eigenvalue weighted by Gasteiger charge is -2.37. The van der Waals surface area contributed by atoms with Crippen molar-refractivity contribution in [3.05, 3.63) is 58.6 Å². The zero-order valence-electron chi connectivity index (χ0n) is 15.7. The molecule has 30 heavy (non-hydrogen) atoms. The van der Waals surface area contributed by atoms with Gasteiger partial charge in [0.1, 0.15) is 17.3 Å². The molecule has 1 fully saturated rings. The highest BCUT2D eigenvalue weighted by Crippen LogP contribution is 2.38. The summed E-state index contributed by atoms with van der Waals surface area (Å²) < 4.78 is 72.5. The summed E-state index contributed by atoms with van der Waals surface area (Å²) in [5.41, 5.74) is -0.0768. The van der Waals surface area contributed by atoms with Crippen molar-refractivity contribution in [2.45, 2.75) is 24.9 Å². The molecule has 0 aromatic heterocycles. The van der Waals surface area contributed by atoms with Crippen molar-refractivity contribution in [1.82, 2.24) is 4.90 Å². The molecule has 0 saturated carbocycles. The van der Waals surface area contributed by atoms with E-state index >= 15 is 0 Å². The van der Waals surface area contributed by atoms with Gasteiger partial charge in [-0.05, 0) is 48.7 Å². The quantitative estimate of drug-likeness (QED) is 0.644. The molecule has 0 spiro atoms. The Morgan fingerprint density at radius 2 is 1.77 bits per heavy atom. The highest BCUT2D eigenvalue weighted by atomic mass is 35.5. The molecular weight excluding hydrogens is 441 g/mol. The lowest BCUT2D eigenvalue weighted by Crippen LogP contribution is -2.46. The largest absolute Gasteiger partial charge is 0.457 e. The van der Waals surface area contributed by atoms with E-state index in [2.05, 4.69) is 4.40 Å². The highest BCUT2D eigenvalue weighted by Gasteiger charge is 2.34. The van der Waals surface area contributed by atoms with Gasteiger partial charge in [-0.15, -0.1) is 4.40 Å². The minimum absolute atomic E-state index is 0.0195. The number of amidine groups is 1. The van der Waals surface area contributed by atoms with Crippen molar-refractivity contribution in [1.29, 1.82) is 0 Å². The molecule has 2 aromatic rings. The first-order valence-electron chi connectivity index (χ1n) is 9.34. The van der Waals surface area contributed by atoms with E-state index in [9.17, 15) is 21.6 Å². The van der Waals surface area contributed by atoms with Gasteiger partial charge in [0.25, 0.3) is 10.0 Å². The van der Waals surface area contributed by atoms with Crippen LogP contribution < -0.4 is 4.74 Å². The molecule has 1 saturated heterocycles. The average molecular weight is 459 g/mol. The topological polar surface area (TPSA) is 59.0 Å². The number of hydrogen-bond donors (Lipinski definition) is 0. The molecule has 5 nitrogen and oxygen atoms in total. The lowest BCUT2D eigenvalue weighted by molar-refractivity contribution is -0.137. The second kappa shape index (κ2) is 7.77. The highest BCUT2D eigenvalue weighted by molar-refractivity contribution is 7.90. The normalized spacial score (nSPS) is 21.0. The van der Waals surface area contributed by atoms with Crippen LogP contribution in [0, 0.1) is 0 Å². The number of halogens is 4. The van der Waals surface area contributed by atoms with Gasteiger partial charge in [0.15, 0.2) is 0 Å². The Bertz CT molecular complexity index is 1090. The first kappa shape index (κ1) is 21.0. The molecule has 4 rings (SSSR count). The third kappa shape index (κ3) is 4.41. The molecule has 2 heterocycles. The van der Waals surface area contributed by atoms with E-state index < -0.39 is 26.8 Å². The first-order chi connectivity index (χ1) is 14.1. The van der Waals surface area contributed by atoms with Gasteiger partial charge in [-0.25, -0.2) is 8.42 Å². The Morgan fingerprint density at radius 3 is 2.47 bits per heavy atom. The molecule has 160 valence electrons. The van der Waals surface area contributed by atoms with E-state index in [-0.39, 0.29) is 17.4 Å². The van der Waals surface area contributed by atoms with Crippen molar-refractivity contribution < 1.29 is 26.3 Å². The van der Waals surface area contributed by atoms with Crippen molar-refractivity contribution in [2.24, 2.45) is 4.40 Å². The van der Waals surface area contributed by atoms with Crippen LogP contribution in [0.15, 0.2) is 46.9 Å². The summed E-state index contributed by atoms with van der Waals surface area (Å²) >= 11 is 5.63. The van der Waals surface area contributed by atoms with E-state index in [1.165, 1.54) is 6.07 Å². The predicted molar refractivity (Wildman–Crippen MR) is 108 cm³/mol. The van der Waals surface area contributed by atoms with Crippen LogP contribution in [0.3, 0.4) is 0 Å². The van der Waals surface area contributed by atoms with Gasteiger partial charge in [0.2, 0.25) is 0 Å². The number of alkyl halides is 3. The lowest BCUT2D eigenvalue weighted by atomic mass is 9.89. The summed E-state index contributed by atoms with van der Waals surface area (Å²) in [4.78, 5) is 2.01. The summed E-state index contributed by atoms with van der Waals surface area (Å²) in [7, 11) is -3.44. The SMILES string of the molecule is O=S1(=O)CCN2CCCC(c3ccc(Oc4ccc(Cl)c(C(F)(F)F)c4)cc3)C2=N1.